The normalized spacial score (nSPS) is 10.5. The summed E-state index contributed by atoms with van der Waals surface area (Å²) in [5, 5.41) is 4.24. The highest BCUT2D eigenvalue weighted by atomic mass is 79.9. The van der Waals surface area contributed by atoms with Crippen molar-refractivity contribution >= 4 is 15.9 Å². The first kappa shape index (κ1) is 10.4. The third-order valence-electron chi connectivity index (χ3n) is 2.21. The Kier molecular flexibility index (Phi) is 3.18. The SMILES string of the molecule is NCCn1nccc1-c1ccccc1Br. The Morgan fingerprint density at radius 2 is 2.07 bits per heavy atom. The van der Waals surface area contributed by atoms with Crippen LogP contribution in [0.2, 0.25) is 0 Å². The topological polar surface area (TPSA) is 43.8 Å². The molecule has 0 fully saturated rings. The van der Waals surface area contributed by atoms with Gasteiger partial charge in [0.1, 0.15) is 0 Å². The minimum Gasteiger partial charge on any atom is -0.329 e. The van der Waals surface area contributed by atoms with E-state index in [2.05, 4.69) is 27.1 Å². The third kappa shape index (κ3) is 2.11. The van der Waals surface area contributed by atoms with Crippen LogP contribution < -0.4 is 5.73 Å². The van der Waals surface area contributed by atoms with Crippen LogP contribution in [0, 0.1) is 0 Å². The van der Waals surface area contributed by atoms with Crippen molar-refractivity contribution in [3.8, 4) is 11.3 Å². The van der Waals surface area contributed by atoms with Gasteiger partial charge in [0, 0.05) is 22.8 Å². The van der Waals surface area contributed by atoms with Crippen molar-refractivity contribution < 1.29 is 0 Å². The second-order valence-corrected chi connectivity index (χ2v) is 4.06. The van der Waals surface area contributed by atoms with Gasteiger partial charge in [0.05, 0.1) is 12.2 Å². The van der Waals surface area contributed by atoms with Gasteiger partial charge < -0.3 is 5.73 Å². The fourth-order valence-corrected chi connectivity index (χ4v) is 2.02. The van der Waals surface area contributed by atoms with Crippen molar-refractivity contribution in [2.45, 2.75) is 6.54 Å². The molecule has 0 saturated heterocycles. The molecule has 0 aliphatic heterocycles. The van der Waals surface area contributed by atoms with E-state index in [9.17, 15) is 0 Å². The van der Waals surface area contributed by atoms with E-state index in [0.29, 0.717) is 6.54 Å². The zero-order chi connectivity index (χ0) is 10.7. The zero-order valence-electron chi connectivity index (χ0n) is 8.23. The summed E-state index contributed by atoms with van der Waals surface area (Å²) in [5.41, 5.74) is 7.76. The predicted octanol–water partition coefficient (Wildman–Crippen LogP) is 2.27. The molecule has 0 amide bonds. The molecule has 1 aromatic carbocycles. The maximum absolute atomic E-state index is 5.53. The van der Waals surface area contributed by atoms with Gasteiger partial charge in [-0.3, -0.25) is 4.68 Å². The van der Waals surface area contributed by atoms with E-state index in [1.54, 1.807) is 6.20 Å². The van der Waals surface area contributed by atoms with Crippen LogP contribution in [0.3, 0.4) is 0 Å². The molecule has 2 N–H and O–H groups in total. The maximum Gasteiger partial charge on any atom is 0.0694 e. The summed E-state index contributed by atoms with van der Waals surface area (Å²) < 4.78 is 2.99. The smallest absolute Gasteiger partial charge is 0.0694 e. The lowest BCUT2D eigenvalue weighted by Gasteiger charge is -2.07. The number of nitrogens with zero attached hydrogens (tertiary/aromatic N) is 2. The van der Waals surface area contributed by atoms with Crippen molar-refractivity contribution in [3.63, 3.8) is 0 Å². The highest BCUT2D eigenvalue weighted by Gasteiger charge is 2.07. The lowest BCUT2D eigenvalue weighted by Crippen LogP contribution is -2.11. The lowest BCUT2D eigenvalue weighted by atomic mass is 10.1. The molecule has 0 atom stereocenters. The predicted molar refractivity (Wildman–Crippen MR) is 64.4 cm³/mol. The number of hydrogen-bond donors (Lipinski definition) is 1. The fraction of sp³-hybridized carbons (Fsp3) is 0.182. The van der Waals surface area contributed by atoms with E-state index in [1.165, 1.54) is 0 Å². The Labute approximate surface area is 97.0 Å². The van der Waals surface area contributed by atoms with Gasteiger partial charge in [-0.2, -0.15) is 5.10 Å². The number of halogens is 1. The Bertz CT molecular complexity index is 451. The average molecular weight is 266 g/mol. The summed E-state index contributed by atoms with van der Waals surface area (Å²) in [7, 11) is 0. The van der Waals surface area contributed by atoms with Gasteiger partial charge in [-0.15, -0.1) is 0 Å². The van der Waals surface area contributed by atoms with Crippen LogP contribution in [-0.2, 0) is 6.54 Å². The van der Waals surface area contributed by atoms with E-state index in [1.807, 2.05) is 28.9 Å². The van der Waals surface area contributed by atoms with Crippen LogP contribution in [0.15, 0.2) is 41.0 Å². The minimum absolute atomic E-state index is 0.596. The van der Waals surface area contributed by atoms with Gasteiger partial charge in [-0.05, 0) is 12.1 Å². The molecule has 78 valence electrons. The Morgan fingerprint density at radius 1 is 1.27 bits per heavy atom. The maximum atomic E-state index is 5.53. The van der Waals surface area contributed by atoms with Crippen LogP contribution in [0.5, 0.6) is 0 Å². The molecule has 2 aromatic rings. The van der Waals surface area contributed by atoms with Gasteiger partial charge in [0.25, 0.3) is 0 Å². The molecule has 0 radical (unpaired) electrons. The van der Waals surface area contributed by atoms with Gasteiger partial charge >= 0.3 is 0 Å². The van der Waals surface area contributed by atoms with Crippen LogP contribution in [0.25, 0.3) is 11.3 Å². The summed E-state index contributed by atoms with van der Waals surface area (Å²) in [6.07, 6.45) is 1.80. The summed E-state index contributed by atoms with van der Waals surface area (Å²) in [5.74, 6) is 0. The Hall–Kier alpha value is -1.13. The molecule has 1 heterocycles. The van der Waals surface area contributed by atoms with E-state index in [4.69, 9.17) is 5.73 Å². The zero-order valence-corrected chi connectivity index (χ0v) is 9.81. The highest BCUT2D eigenvalue weighted by molar-refractivity contribution is 9.10. The molecule has 0 spiro atoms. The number of nitrogens with two attached hydrogens (primary N) is 1. The second-order valence-electron chi connectivity index (χ2n) is 3.21. The standard InChI is InChI=1S/C11H12BrN3/c12-10-4-2-1-3-9(10)11-5-7-14-15(11)8-6-13/h1-5,7H,6,8,13H2. The van der Waals surface area contributed by atoms with Crippen molar-refractivity contribution in [1.82, 2.24) is 9.78 Å². The first-order valence-electron chi connectivity index (χ1n) is 4.79. The van der Waals surface area contributed by atoms with Crippen LogP contribution in [0.4, 0.5) is 0 Å². The molecule has 4 heteroatoms. The molecule has 2 rings (SSSR count). The molecule has 0 unspecified atom stereocenters. The van der Waals surface area contributed by atoms with Crippen LogP contribution in [-0.4, -0.2) is 16.3 Å². The van der Waals surface area contributed by atoms with Gasteiger partial charge in [0.15, 0.2) is 0 Å². The molecule has 3 nitrogen and oxygen atoms in total. The summed E-state index contributed by atoms with van der Waals surface area (Å²) in [6.45, 7) is 1.34. The summed E-state index contributed by atoms with van der Waals surface area (Å²) in [6, 6.07) is 10.1. The fourth-order valence-electron chi connectivity index (χ4n) is 1.53. The molecular weight excluding hydrogens is 254 g/mol. The number of hydrogen-bond acceptors (Lipinski definition) is 2. The molecule has 0 aliphatic rings. The first-order valence-corrected chi connectivity index (χ1v) is 5.59. The van der Waals surface area contributed by atoms with Gasteiger partial charge in [0.2, 0.25) is 0 Å². The quantitative estimate of drug-likeness (QED) is 0.926. The van der Waals surface area contributed by atoms with E-state index in [0.717, 1.165) is 22.3 Å². The number of benzene rings is 1. The Balaban J connectivity index is 2.45. The Morgan fingerprint density at radius 3 is 2.80 bits per heavy atom. The molecule has 1 aromatic heterocycles. The van der Waals surface area contributed by atoms with E-state index in [-0.39, 0.29) is 0 Å². The summed E-state index contributed by atoms with van der Waals surface area (Å²) in [4.78, 5) is 0. The average Bonchev–Trinajstić information content (AvgIpc) is 2.67. The van der Waals surface area contributed by atoms with Gasteiger partial charge in [-0.25, -0.2) is 0 Å². The van der Waals surface area contributed by atoms with Crippen LogP contribution >= 0.6 is 15.9 Å². The summed E-state index contributed by atoms with van der Waals surface area (Å²) >= 11 is 3.53. The monoisotopic (exact) mass is 265 g/mol. The minimum atomic E-state index is 0.596. The van der Waals surface area contributed by atoms with Crippen molar-refractivity contribution in [3.05, 3.63) is 41.0 Å². The number of rotatable bonds is 3. The third-order valence-corrected chi connectivity index (χ3v) is 2.90. The van der Waals surface area contributed by atoms with Crippen molar-refractivity contribution in [2.24, 2.45) is 5.73 Å². The van der Waals surface area contributed by atoms with E-state index < -0.39 is 0 Å². The first-order chi connectivity index (χ1) is 7.33. The highest BCUT2D eigenvalue weighted by Crippen LogP contribution is 2.27. The van der Waals surface area contributed by atoms with Crippen molar-refractivity contribution in [1.29, 1.82) is 0 Å². The molecule has 0 saturated carbocycles. The largest absolute Gasteiger partial charge is 0.329 e. The van der Waals surface area contributed by atoms with E-state index >= 15 is 0 Å². The van der Waals surface area contributed by atoms with Gasteiger partial charge in [-0.1, -0.05) is 34.1 Å². The molecule has 15 heavy (non-hydrogen) atoms. The molecule has 0 bridgehead atoms. The second kappa shape index (κ2) is 4.59. The number of aromatic nitrogens is 2. The molecule has 0 aliphatic carbocycles. The molecular formula is C11H12BrN3. The van der Waals surface area contributed by atoms with Crippen LogP contribution in [0.1, 0.15) is 0 Å². The van der Waals surface area contributed by atoms with Crippen molar-refractivity contribution in [2.75, 3.05) is 6.54 Å². The lowest BCUT2D eigenvalue weighted by molar-refractivity contribution is 0.631.